The molecule has 0 aromatic heterocycles. The van der Waals surface area contributed by atoms with E-state index in [2.05, 4.69) is 13.0 Å². The number of halogens is 4. The molecular weight excluding hydrogens is 376 g/mol. The summed E-state index contributed by atoms with van der Waals surface area (Å²) in [6.45, 7) is 2.25. The molecule has 0 bridgehead atoms. The van der Waals surface area contributed by atoms with E-state index in [0.29, 0.717) is 22.4 Å². The largest absolute Gasteiger partial charge is 0.416 e. The molecule has 0 heterocycles. The third-order valence-electron chi connectivity index (χ3n) is 6.40. The van der Waals surface area contributed by atoms with Crippen molar-refractivity contribution in [2.45, 2.75) is 51.1 Å². The molecule has 0 spiro atoms. The first-order valence-electron chi connectivity index (χ1n) is 10.3. The Hall–Kier alpha value is -2.36. The summed E-state index contributed by atoms with van der Waals surface area (Å²) in [6, 6.07) is 14.1. The number of fused-ring (bicyclic) bond motifs is 1. The zero-order valence-corrected chi connectivity index (χ0v) is 16.4. The lowest BCUT2D eigenvalue weighted by molar-refractivity contribution is -0.137. The number of hydrogen-bond acceptors (Lipinski definition) is 0. The molecule has 29 heavy (non-hydrogen) atoms. The third-order valence-corrected chi connectivity index (χ3v) is 6.40. The fraction of sp³-hybridized carbons (Fsp3) is 0.360. The van der Waals surface area contributed by atoms with Gasteiger partial charge in [0.25, 0.3) is 0 Å². The molecule has 0 unspecified atom stereocenters. The Morgan fingerprint density at radius 2 is 1.55 bits per heavy atom. The highest BCUT2D eigenvalue weighted by molar-refractivity contribution is 5.89. The zero-order chi connectivity index (χ0) is 20.6. The molecule has 1 saturated carbocycles. The average Bonchev–Trinajstić information content (AvgIpc) is 2.73. The van der Waals surface area contributed by atoms with Gasteiger partial charge >= 0.3 is 6.18 Å². The van der Waals surface area contributed by atoms with E-state index in [4.69, 9.17) is 0 Å². The van der Waals surface area contributed by atoms with E-state index in [-0.39, 0.29) is 5.82 Å². The van der Waals surface area contributed by atoms with E-state index >= 15 is 4.39 Å². The van der Waals surface area contributed by atoms with Gasteiger partial charge in [-0.15, -0.1) is 0 Å². The van der Waals surface area contributed by atoms with Gasteiger partial charge in [-0.3, -0.25) is 0 Å². The topological polar surface area (TPSA) is 0 Å². The molecule has 1 fully saturated rings. The summed E-state index contributed by atoms with van der Waals surface area (Å²) >= 11 is 0. The molecule has 0 nitrogen and oxygen atoms in total. The van der Waals surface area contributed by atoms with Crippen LogP contribution in [0.5, 0.6) is 0 Å². The van der Waals surface area contributed by atoms with Gasteiger partial charge < -0.3 is 0 Å². The summed E-state index contributed by atoms with van der Waals surface area (Å²) in [4.78, 5) is 0. The summed E-state index contributed by atoms with van der Waals surface area (Å²) in [7, 11) is 0. The van der Waals surface area contributed by atoms with Gasteiger partial charge in [0.1, 0.15) is 5.82 Å². The third kappa shape index (κ3) is 4.03. The smallest absolute Gasteiger partial charge is 0.206 e. The molecule has 0 saturated heterocycles. The minimum atomic E-state index is -4.40. The van der Waals surface area contributed by atoms with Crippen molar-refractivity contribution in [3.63, 3.8) is 0 Å². The van der Waals surface area contributed by atoms with Crippen LogP contribution in [0, 0.1) is 11.7 Å². The summed E-state index contributed by atoms with van der Waals surface area (Å²) in [5.41, 5.74) is 1.29. The van der Waals surface area contributed by atoms with Crippen LogP contribution in [-0.2, 0) is 6.18 Å². The first kappa shape index (κ1) is 19.9. The SMILES string of the molecule is CCC1CCC(c2ccc3c(F)c(-c4ccc(C(F)(F)F)cc4)ccc3c2)CC1. The number of alkyl halides is 3. The molecule has 1 aliphatic carbocycles. The first-order valence-corrected chi connectivity index (χ1v) is 10.3. The maximum atomic E-state index is 15.1. The van der Waals surface area contributed by atoms with E-state index in [9.17, 15) is 13.2 Å². The van der Waals surface area contributed by atoms with Crippen molar-refractivity contribution in [1.82, 2.24) is 0 Å². The van der Waals surface area contributed by atoms with Crippen molar-refractivity contribution in [2.24, 2.45) is 5.92 Å². The quantitative estimate of drug-likeness (QED) is 0.388. The second-order valence-electron chi connectivity index (χ2n) is 8.11. The standard InChI is InChI=1S/C25H24F4/c1-2-16-3-5-17(6-4-16)19-9-13-23-20(15-19)10-14-22(24(23)26)18-7-11-21(12-8-18)25(27,28)29/h7-17H,2-6H2,1H3. The zero-order valence-electron chi connectivity index (χ0n) is 16.4. The van der Waals surface area contributed by atoms with Crippen LogP contribution < -0.4 is 0 Å². The summed E-state index contributed by atoms with van der Waals surface area (Å²) in [5.74, 6) is 0.971. The minimum Gasteiger partial charge on any atom is -0.206 e. The van der Waals surface area contributed by atoms with E-state index in [1.807, 2.05) is 18.2 Å². The lowest BCUT2D eigenvalue weighted by Gasteiger charge is -2.28. The van der Waals surface area contributed by atoms with Crippen LogP contribution in [0.4, 0.5) is 17.6 Å². The summed E-state index contributed by atoms with van der Waals surface area (Å²) in [5, 5.41) is 1.35. The van der Waals surface area contributed by atoms with E-state index in [0.717, 1.165) is 23.4 Å². The predicted molar refractivity (Wildman–Crippen MR) is 109 cm³/mol. The highest BCUT2D eigenvalue weighted by atomic mass is 19.4. The van der Waals surface area contributed by atoms with Gasteiger partial charge in [0.05, 0.1) is 5.56 Å². The van der Waals surface area contributed by atoms with Gasteiger partial charge in [-0.25, -0.2) is 4.39 Å². The first-order chi connectivity index (χ1) is 13.9. The molecule has 0 radical (unpaired) electrons. The van der Waals surface area contributed by atoms with E-state index in [1.54, 1.807) is 6.07 Å². The Morgan fingerprint density at radius 3 is 2.17 bits per heavy atom. The lowest BCUT2D eigenvalue weighted by atomic mass is 9.77. The van der Waals surface area contributed by atoms with Crippen molar-refractivity contribution in [1.29, 1.82) is 0 Å². The van der Waals surface area contributed by atoms with Crippen molar-refractivity contribution in [3.05, 3.63) is 71.5 Å². The predicted octanol–water partition coefficient (Wildman–Crippen LogP) is 8.35. The Bertz CT molecular complexity index is 994. The van der Waals surface area contributed by atoms with Crippen LogP contribution in [-0.4, -0.2) is 0 Å². The Kier molecular flexibility index (Phi) is 5.37. The normalized spacial score (nSPS) is 20.2. The van der Waals surface area contributed by atoms with Gasteiger partial charge in [0.2, 0.25) is 0 Å². The second-order valence-corrected chi connectivity index (χ2v) is 8.11. The van der Waals surface area contributed by atoms with Gasteiger partial charge in [0.15, 0.2) is 0 Å². The van der Waals surface area contributed by atoms with Crippen LogP contribution in [0.1, 0.15) is 56.1 Å². The molecule has 0 aliphatic heterocycles. The van der Waals surface area contributed by atoms with Gasteiger partial charge in [-0.1, -0.05) is 55.8 Å². The molecule has 3 aromatic rings. The minimum absolute atomic E-state index is 0.322. The molecule has 0 amide bonds. The van der Waals surface area contributed by atoms with Gasteiger partial charge in [-0.2, -0.15) is 13.2 Å². The summed E-state index contributed by atoms with van der Waals surface area (Å²) < 4.78 is 53.4. The highest BCUT2D eigenvalue weighted by Gasteiger charge is 2.30. The average molecular weight is 400 g/mol. The Labute approximate surface area is 168 Å². The molecule has 4 heteroatoms. The highest BCUT2D eigenvalue weighted by Crippen LogP contribution is 2.39. The van der Waals surface area contributed by atoms with Crippen LogP contribution in [0.3, 0.4) is 0 Å². The van der Waals surface area contributed by atoms with Crippen molar-refractivity contribution >= 4 is 10.8 Å². The Balaban J connectivity index is 1.63. The number of hydrogen-bond donors (Lipinski definition) is 0. The Morgan fingerprint density at radius 1 is 0.862 bits per heavy atom. The number of benzene rings is 3. The van der Waals surface area contributed by atoms with Crippen LogP contribution in [0.25, 0.3) is 21.9 Å². The van der Waals surface area contributed by atoms with Gasteiger partial charge in [-0.05, 0) is 66.2 Å². The van der Waals surface area contributed by atoms with E-state index < -0.39 is 11.7 Å². The number of rotatable bonds is 3. The lowest BCUT2D eigenvalue weighted by Crippen LogP contribution is -2.12. The second kappa shape index (κ2) is 7.81. The molecule has 1 aliphatic rings. The molecular formula is C25H24F4. The molecule has 0 atom stereocenters. The molecule has 152 valence electrons. The summed E-state index contributed by atoms with van der Waals surface area (Å²) in [6.07, 6.45) is 1.70. The van der Waals surface area contributed by atoms with E-state index in [1.165, 1.54) is 49.8 Å². The van der Waals surface area contributed by atoms with Crippen molar-refractivity contribution in [2.75, 3.05) is 0 Å². The van der Waals surface area contributed by atoms with Crippen LogP contribution >= 0.6 is 0 Å². The fourth-order valence-electron chi connectivity index (χ4n) is 4.53. The van der Waals surface area contributed by atoms with Crippen molar-refractivity contribution in [3.8, 4) is 11.1 Å². The maximum absolute atomic E-state index is 15.1. The maximum Gasteiger partial charge on any atom is 0.416 e. The molecule has 0 N–H and O–H groups in total. The van der Waals surface area contributed by atoms with Crippen LogP contribution in [0.2, 0.25) is 0 Å². The molecule has 3 aromatic carbocycles. The van der Waals surface area contributed by atoms with Crippen molar-refractivity contribution < 1.29 is 17.6 Å². The fourth-order valence-corrected chi connectivity index (χ4v) is 4.53. The molecule has 4 rings (SSSR count). The van der Waals surface area contributed by atoms with Gasteiger partial charge in [0, 0.05) is 10.9 Å². The monoisotopic (exact) mass is 400 g/mol. The van der Waals surface area contributed by atoms with Crippen LogP contribution in [0.15, 0.2) is 54.6 Å².